The van der Waals surface area contributed by atoms with Gasteiger partial charge in [-0.25, -0.2) is 4.79 Å². The van der Waals surface area contributed by atoms with Crippen molar-refractivity contribution in [3.8, 4) is 5.75 Å². The summed E-state index contributed by atoms with van der Waals surface area (Å²) in [4.78, 5) is 11.4. The third-order valence-corrected chi connectivity index (χ3v) is 4.18. The molecule has 0 saturated heterocycles. The van der Waals surface area contributed by atoms with Gasteiger partial charge in [0.05, 0.1) is 18.6 Å². The maximum absolute atomic E-state index is 11.4. The minimum absolute atomic E-state index is 0.436. The van der Waals surface area contributed by atoms with E-state index in [2.05, 4.69) is 5.32 Å². The number of cyclic esters (lactones) is 1. The van der Waals surface area contributed by atoms with Gasteiger partial charge in [-0.05, 0) is 44.9 Å². The van der Waals surface area contributed by atoms with Crippen LogP contribution in [0.15, 0.2) is 18.2 Å². The zero-order chi connectivity index (χ0) is 15.5. The minimum Gasteiger partial charge on any atom is -0.617 e. The fourth-order valence-electron chi connectivity index (χ4n) is 2.24. The first-order valence-corrected chi connectivity index (χ1v) is 8.68. The molecule has 0 radical (unpaired) electrons. The maximum atomic E-state index is 11.4. The van der Waals surface area contributed by atoms with Crippen molar-refractivity contribution in [2.24, 2.45) is 0 Å². The van der Waals surface area contributed by atoms with E-state index in [0.717, 1.165) is 29.8 Å². The second-order valence-corrected chi connectivity index (χ2v) is 7.12. The number of benzene rings is 1. The molecule has 1 amide bonds. The Morgan fingerprint density at radius 2 is 2.14 bits per heavy atom. The Kier molecular flexibility index (Phi) is 5.00. The first-order valence-electron chi connectivity index (χ1n) is 6.96. The van der Waals surface area contributed by atoms with Crippen LogP contribution in [-0.2, 0) is 21.5 Å². The first-order chi connectivity index (χ1) is 9.88. The molecular formula is C15H21NO4S. The SMILES string of the molecule is C[S+]([O-])CCCCOc1ccc2c(c1)C(C)(C)OC(=O)N2. The van der Waals surface area contributed by atoms with Gasteiger partial charge < -0.3 is 14.0 Å². The van der Waals surface area contributed by atoms with Crippen molar-refractivity contribution >= 4 is 23.0 Å². The fourth-order valence-corrected chi connectivity index (χ4v) is 2.85. The van der Waals surface area contributed by atoms with Crippen molar-refractivity contribution in [2.45, 2.75) is 32.3 Å². The van der Waals surface area contributed by atoms with Crippen molar-refractivity contribution in [1.82, 2.24) is 0 Å². The highest BCUT2D eigenvalue weighted by Gasteiger charge is 2.33. The lowest BCUT2D eigenvalue weighted by atomic mass is 9.94. The summed E-state index contributed by atoms with van der Waals surface area (Å²) in [7, 11) is 0. The van der Waals surface area contributed by atoms with Crippen LogP contribution < -0.4 is 10.1 Å². The van der Waals surface area contributed by atoms with Crippen molar-refractivity contribution in [3.05, 3.63) is 23.8 Å². The van der Waals surface area contributed by atoms with Gasteiger partial charge in [0, 0.05) is 5.56 Å². The summed E-state index contributed by atoms with van der Waals surface area (Å²) in [5, 5.41) is 2.68. The molecule has 0 saturated carbocycles. The molecule has 0 bridgehead atoms. The third-order valence-electron chi connectivity index (χ3n) is 3.32. The molecule has 1 atom stereocenters. The molecule has 5 nitrogen and oxygen atoms in total. The Morgan fingerprint density at radius 1 is 1.38 bits per heavy atom. The van der Waals surface area contributed by atoms with Gasteiger partial charge in [0.2, 0.25) is 0 Å². The Morgan fingerprint density at radius 3 is 2.86 bits per heavy atom. The highest BCUT2D eigenvalue weighted by molar-refractivity contribution is 7.90. The largest absolute Gasteiger partial charge is 0.617 e. The van der Waals surface area contributed by atoms with E-state index in [1.807, 2.05) is 32.0 Å². The molecule has 1 N–H and O–H groups in total. The standard InChI is InChI=1S/C15H21NO4S/c1-15(2)12-10-11(19-8-4-5-9-21(3)18)6-7-13(12)16-14(17)20-15/h6-7,10H,4-5,8-9H2,1-3H3,(H,16,17). The number of carbonyl (C=O) groups excluding carboxylic acids is 1. The number of unbranched alkanes of at least 4 members (excludes halogenated alkanes) is 1. The number of rotatable bonds is 6. The highest BCUT2D eigenvalue weighted by atomic mass is 32.2. The van der Waals surface area contributed by atoms with E-state index in [9.17, 15) is 9.35 Å². The normalized spacial score (nSPS) is 17.4. The summed E-state index contributed by atoms with van der Waals surface area (Å²) in [5.74, 6) is 1.46. The zero-order valence-corrected chi connectivity index (χ0v) is 13.4. The highest BCUT2D eigenvalue weighted by Crippen LogP contribution is 2.37. The van der Waals surface area contributed by atoms with Crippen molar-refractivity contribution in [1.29, 1.82) is 0 Å². The molecule has 0 aliphatic carbocycles. The van der Waals surface area contributed by atoms with Gasteiger partial charge in [-0.1, -0.05) is 11.2 Å². The smallest absolute Gasteiger partial charge is 0.412 e. The summed E-state index contributed by atoms with van der Waals surface area (Å²) in [6, 6.07) is 5.55. The van der Waals surface area contributed by atoms with Gasteiger partial charge in [0.1, 0.15) is 17.1 Å². The fraction of sp³-hybridized carbons (Fsp3) is 0.533. The summed E-state index contributed by atoms with van der Waals surface area (Å²) in [5.41, 5.74) is 0.982. The molecule has 1 unspecified atom stereocenters. The molecule has 1 aliphatic rings. The van der Waals surface area contributed by atoms with Gasteiger partial charge in [-0.3, -0.25) is 5.32 Å². The predicted molar refractivity (Wildman–Crippen MR) is 83.2 cm³/mol. The topological polar surface area (TPSA) is 70.6 Å². The van der Waals surface area contributed by atoms with Gasteiger partial charge >= 0.3 is 6.09 Å². The van der Waals surface area contributed by atoms with Gasteiger partial charge in [-0.2, -0.15) is 0 Å². The van der Waals surface area contributed by atoms with Crippen LogP contribution in [0, 0.1) is 0 Å². The molecule has 2 rings (SSSR count). The number of hydrogen-bond acceptors (Lipinski definition) is 4. The zero-order valence-electron chi connectivity index (χ0n) is 12.6. The van der Waals surface area contributed by atoms with E-state index >= 15 is 0 Å². The average Bonchev–Trinajstić information content (AvgIpc) is 2.37. The number of nitrogens with one attached hydrogen (secondary N) is 1. The molecule has 1 aromatic rings. The third kappa shape index (κ3) is 4.28. The van der Waals surface area contributed by atoms with Crippen LogP contribution in [0.3, 0.4) is 0 Å². The lowest BCUT2D eigenvalue weighted by molar-refractivity contribution is 0.0418. The molecule has 0 spiro atoms. The monoisotopic (exact) mass is 311 g/mol. The molecular weight excluding hydrogens is 290 g/mol. The molecule has 116 valence electrons. The lowest BCUT2D eigenvalue weighted by Crippen LogP contribution is -2.34. The van der Waals surface area contributed by atoms with Gasteiger partial charge in [-0.15, -0.1) is 0 Å². The van der Waals surface area contributed by atoms with Crippen LogP contribution in [0.5, 0.6) is 5.75 Å². The van der Waals surface area contributed by atoms with Crippen LogP contribution in [0.1, 0.15) is 32.3 Å². The number of ether oxygens (including phenoxy) is 2. The lowest BCUT2D eigenvalue weighted by Gasteiger charge is -2.32. The van der Waals surface area contributed by atoms with E-state index in [1.165, 1.54) is 0 Å². The predicted octanol–water partition coefficient (Wildman–Crippen LogP) is 3.02. The molecule has 1 aliphatic heterocycles. The van der Waals surface area contributed by atoms with Crippen LogP contribution in [0.4, 0.5) is 10.5 Å². The Labute approximate surface area is 128 Å². The molecule has 1 heterocycles. The first kappa shape index (κ1) is 16.0. The van der Waals surface area contributed by atoms with Gasteiger partial charge in [0.15, 0.2) is 0 Å². The van der Waals surface area contributed by atoms with Gasteiger partial charge in [0.25, 0.3) is 0 Å². The number of anilines is 1. The molecule has 21 heavy (non-hydrogen) atoms. The van der Waals surface area contributed by atoms with Crippen molar-refractivity contribution < 1.29 is 18.8 Å². The van der Waals surface area contributed by atoms with E-state index in [-0.39, 0.29) is 0 Å². The molecule has 0 aromatic heterocycles. The van der Waals surface area contributed by atoms with Crippen LogP contribution >= 0.6 is 0 Å². The second-order valence-electron chi connectivity index (χ2n) is 5.57. The Hall–Kier alpha value is -1.40. The van der Waals surface area contributed by atoms with Crippen LogP contribution in [-0.4, -0.2) is 29.3 Å². The second kappa shape index (κ2) is 6.58. The van der Waals surface area contributed by atoms with Crippen molar-refractivity contribution in [3.63, 3.8) is 0 Å². The molecule has 1 aromatic carbocycles. The summed E-state index contributed by atoms with van der Waals surface area (Å²) in [6.07, 6.45) is 3.03. The summed E-state index contributed by atoms with van der Waals surface area (Å²) >= 11 is -0.741. The maximum Gasteiger partial charge on any atom is 0.412 e. The van der Waals surface area contributed by atoms with E-state index in [1.54, 1.807) is 6.26 Å². The average molecular weight is 311 g/mol. The van der Waals surface area contributed by atoms with Crippen molar-refractivity contribution in [2.75, 3.05) is 23.9 Å². The summed E-state index contributed by atoms with van der Waals surface area (Å²) in [6.45, 7) is 4.29. The van der Waals surface area contributed by atoms with E-state index < -0.39 is 22.9 Å². The number of hydrogen-bond donors (Lipinski definition) is 1. The number of fused-ring (bicyclic) bond motifs is 1. The molecule has 6 heteroatoms. The van der Waals surface area contributed by atoms with E-state index in [0.29, 0.717) is 12.4 Å². The number of carbonyl (C=O) groups is 1. The Bertz CT molecular complexity index is 516. The van der Waals surface area contributed by atoms with Crippen LogP contribution in [0.2, 0.25) is 0 Å². The number of amides is 1. The minimum atomic E-state index is -0.741. The van der Waals surface area contributed by atoms with E-state index in [4.69, 9.17) is 9.47 Å². The Balaban J connectivity index is 1.96. The van der Waals surface area contributed by atoms with Crippen LogP contribution in [0.25, 0.3) is 0 Å². The summed E-state index contributed by atoms with van der Waals surface area (Å²) < 4.78 is 21.9. The molecule has 0 fully saturated rings. The quantitative estimate of drug-likeness (QED) is 0.647.